The Bertz CT molecular complexity index is 427. The quantitative estimate of drug-likeness (QED) is 0.897. The second-order valence-electron chi connectivity index (χ2n) is 5.66. The number of amides is 1. The van der Waals surface area contributed by atoms with Gasteiger partial charge in [0.15, 0.2) is 0 Å². The summed E-state index contributed by atoms with van der Waals surface area (Å²) in [6, 6.07) is 4.20. The Morgan fingerprint density at radius 1 is 1.47 bits per heavy atom. The fourth-order valence-electron chi connectivity index (χ4n) is 3.00. The molecule has 4 heteroatoms. The Balaban J connectivity index is 1.70. The molecule has 104 valence electrons. The summed E-state index contributed by atoms with van der Waals surface area (Å²) < 4.78 is 0. The zero-order valence-corrected chi connectivity index (χ0v) is 12.3. The zero-order valence-electron chi connectivity index (χ0n) is 11.5. The molecule has 1 aromatic heterocycles. The van der Waals surface area contributed by atoms with Crippen molar-refractivity contribution in [2.75, 3.05) is 6.54 Å². The van der Waals surface area contributed by atoms with E-state index in [1.54, 1.807) is 11.3 Å². The number of nitrogens with one attached hydrogen (secondary N) is 1. The van der Waals surface area contributed by atoms with Gasteiger partial charge in [0.25, 0.3) is 0 Å². The standard InChI is InChI=1S/C15H22N2OS/c1-2-12-15(18)17(9-8-11-5-3-6-11)14(16-12)13-7-4-10-19-13/h4,7,10-12,14,16H,2-3,5-6,8-9H2,1H3. The van der Waals surface area contributed by atoms with Crippen LogP contribution in [0.3, 0.4) is 0 Å². The second kappa shape index (κ2) is 5.63. The number of carbonyl (C=O) groups excluding carboxylic acids is 1. The van der Waals surface area contributed by atoms with Crippen molar-refractivity contribution in [2.24, 2.45) is 5.92 Å². The molecule has 3 rings (SSSR count). The van der Waals surface area contributed by atoms with Gasteiger partial charge in [-0.1, -0.05) is 32.3 Å². The summed E-state index contributed by atoms with van der Waals surface area (Å²) >= 11 is 1.74. The minimum absolute atomic E-state index is 0.00786. The predicted octanol–water partition coefficient (Wildman–Crippen LogP) is 3.15. The van der Waals surface area contributed by atoms with Gasteiger partial charge in [-0.2, -0.15) is 0 Å². The normalized spacial score (nSPS) is 27.8. The molecule has 1 N–H and O–H groups in total. The van der Waals surface area contributed by atoms with Crippen LogP contribution >= 0.6 is 11.3 Å². The molecule has 0 radical (unpaired) electrons. The molecule has 1 aliphatic carbocycles. The number of carbonyl (C=O) groups is 1. The zero-order chi connectivity index (χ0) is 13.2. The summed E-state index contributed by atoms with van der Waals surface area (Å²) in [5, 5.41) is 5.58. The molecule has 0 spiro atoms. The lowest BCUT2D eigenvalue weighted by Crippen LogP contribution is -2.33. The second-order valence-corrected chi connectivity index (χ2v) is 6.64. The van der Waals surface area contributed by atoms with Crippen molar-refractivity contribution in [1.82, 2.24) is 10.2 Å². The van der Waals surface area contributed by atoms with Gasteiger partial charge in [-0.05, 0) is 30.2 Å². The van der Waals surface area contributed by atoms with E-state index in [1.807, 2.05) is 0 Å². The van der Waals surface area contributed by atoms with Crippen molar-refractivity contribution in [2.45, 2.75) is 51.2 Å². The first-order valence-electron chi connectivity index (χ1n) is 7.39. The van der Waals surface area contributed by atoms with E-state index in [9.17, 15) is 4.79 Å². The molecule has 19 heavy (non-hydrogen) atoms. The Morgan fingerprint density at radius 2 is 2.32 bits per heavy atom. The van der Waals surface area contributed by atoms with Crippen LogP contribution in [-0.4, -0.2) is 23.4 Å². The minimum Gasteiger partial charge on any atom is -0.321 e. The smallest absolute Gasteiger partial charge is 0.241 e. The molecule has 2 fully saturated rings. The topological polar surface area (TPSA) is 32.3 Å². The van der Waals surface area contributed by atoms with Gasteiger partial charge in [-0.3, -0.25) is 10.1 Å². The van der Waals surface area contributed by atoms with Crippen molar-refractivity contribution in [3.05, 3.63) is 22.4 Å². The maximum absolute atomic E-state index is 12.4. The number of nitrogens with zero attached hydrogens (tertiary/aromatic N) is 1. The monoisotopic (exact) mass is 278 g/mol. The van der Waals surface area contributed by atoms with Crippen LogP contribution in [0.2, 0.25) is 0 Å². The first-order chi connectivity index (χ1) is 9.29. The predicted molar refractivity (Wildman–Crippen MR) is 77.9 cm³/mol. The molecule has 3 nitrogen and oxygen atoms in total. The van der Waals surface area contributed by atoms with Gasteiger partial charge in [-0.15, -0.1) is 11.3 Å². The molecule has 2 unspecified atom stereocenters. The molecule has 1 aromatic rings. The maximum atomic E-state index is 12.4. The van der Waals surface area contributed by atoms with E-state index in [-0.39, 0.29) is 12.2 Å². The summed E-state index contributed by atoms with van der Waals surface area (Å²) in [7, 11) is 0. The molecular weight excluding hydrogens is 256 g/mol. The first kappa shape index (κ1) is 13.1. The van der Waals surface area contributed by atoms with Crippen molar-refractivity contribution in [1.29, 1.82) is 0 Å². The van der Waals surface area contributed by atoms with E-state index >= 15 is 0 Å². The van der Waals surface area contributed by atoms with Crippen LogP contribution in [-0.2, 0) is 4.79 Å². The molecule has 2 heterocycles. The average molecular weight is 278 g/mol. The summed E-state index contributed by atoms with van der Waals surface area (Å²) in [6.45, 7) is 2.99. The van der Waals surface area contributed by atoms with E-state index in [0.29, 0.717) is 5.91 Å². The fraction of sp³-hybridized carbons (Fsp3) is 0.667. The molecule has 0 aromatic carbocycles. The summed E-state index contributed by atoms with van der Waals surface area (Å²) in [6.07, 6.45) is 6.25. The molecule has 1 saturated carbocycles. The maximum Gasteiger partial charge on any atom is 0.241 e. The highest BCUT2D eigenvalue weighted by Gasteiger charge is 2.39. The lowest BCUT2D eigenvalue weighted by Gasteiger charge is -2.29. The van der Waals surface area contributed by atoms with Gasteiger partial charge in [0.2, 0.25) is 5.91 Å². The third-order valence-electron chi connectivity index (χ3n) is 4.48. The molecule has 1 aliphatic heterocycles. The van der Waals surface area contributed by atoms with Gasteiger partial charge >= 0.3 is 0 Å². The highest BCUT2D eigenvalue weighted by Crippen LogP contribution is 2.33. The lowest BCUT2D eigenvalue weighted by molar-refractivity contribution is -0.130. The summed E-state index contributed by atoms with van der Waals surface area (Å²) in [5.74, 6) is 1.15. The van der Waals surface area contributed by atoms with Crippen LogP contribution in [0.15, 0.2) is 17.5 Å². The third-order valence-corrected chi connectivity index (χ3v) is 5.40. The Labute approximate surface area is 119 Å². The number of hydrogen-bond acceptors (Lipinski definition) is 3. The Morgan fingerprint density at radius 3 is 2.89 bits per heavy atom. The molecule has 0 bridgehead atoms. The van der Waals surface area contributed by atoms with Crippen LogP contribution in [0.1, 0.15) is 50.1 Å². The third kappa shape index (κ3) is 2.56. The molecule has 1 saturated heterocycles. The van der Waals surface area contributed by atoms with Gasteiger partial charge < -0.3 is 4.90 Å². The van der Waals surface area contributed by atoms with Crippen LogP contribution in [0.25, 0.3) is 0 Å². The van der Waals surface area contributed by atoms with E-state index in [2.05, 4.69) is 34.7 Å². The van der Waals surface area contributed by atoms with Crippen molar-refractivity contribution in [3.63, 3.8) is 0 Å². The van der Waals surface area contributed by atoms with Gasteiger partial charge in [0, 0.05) is 11.4 Å². The lowest BCUT2D eigenvalue weighted by atomic mass is 9.83. The van der Waals surface area contributed by atoms with Gasteiger partial charge in [0.05, 0.1) is 6.04 Å². The van der Waals surface area contributed by atoms with Crippen LogP contribution in [0, 0.1) is 5.92 Å². The highest BCUT2D eigenvalue weighted by molar-refractivity contribution is 7.10. The number of rotatable bonds is 5. The SMILES string of the molecule is CCC1NC(c2cccs2)N(CCC2CCC2)C1=O. The summed E-state index contributed by atoms with van der Waals surface area (Å²) in [4.78, 5) is 15.8. The van der Waals surface area contributed by atoms with Crippen LogP contribution < -0.4 is 5.32 Å². The van der Waals surface area contributed by atoms with E-state index in [4.69, 9.17) is 0 Å². The first-order valence-corrected chi connectivity index (χ1v) is 8.27. The average Bonchev–Trinajstić information content (AvgIpc) is 2.96. The van der Waals surface area contributed by atoms with E-state index in [0.717, 1.165) is 18.9 Å². The largest absolute Gasteiger partial charge is 0.321 e. The van der Waals surface area contributed by atoms with E-state index < -0.39 is 0 Å². The van der Waals surface area contributed by atoms with Gasteiger partial charge in [0.1, 0.15) is 6.17 Å². The molecular formula is C15H22N2OS. The van der Waals surface area contributed by atoms with Crippen molar-refractivity contribution >= 4 is 17.2 Å². The van der Waals surface area contributed by atoms with Crippen LogP contribution in [0.5, 0.6) is 0 Å². The molecule has 2 aliphatic rings. The Hall–Kier alpha value is -0.870. The number of hydrogen-bond donors (Lipinski definition) is 1. The number of thiophene rings is 1. The molecule has 2 atom stereocenters. The fourth-order valence-corrected chi connectivity index (χ4v) is 3.79. The minimum atomic E-state index is 0.00786. The highest BCUT2D eigenvalue weighted by atomic mass is 32.1. The van der Waals surface area contributed by atoms with Crippen molar-refractivity contribution in [3.8, 4) is 0 Å². The summed E-state index contributed by atoms with van der Waals surface area (Å²) in [5.41, 5.74) is 0. The van der Waals surface area contributed by atoms with Gasteiger partial charge in [-0.25, -0.2) is 0 Å². The van der Waals surface area contributed by atoms with Crippen LogP contribution in [0.4, 0.5) is 0 Å². The van der Waals surface area contributed by atoms with Crippen molar-refractivity contribution < 1.29 is 4.79 Å². The van der Waals surface area contributed by atoms with E-state index in [1.165, 1.54) is 30.6 Å². The molecule has 1 amide bonds. The Kier molecular flexibility index (Phi) is 3.89.